The highest BCUT2D eigenvalue weighted by atomic mass is 35.5. The molecular formula is C15H11ClF3N5O2S. The first kappa shape index (κ1) is 19.1. The minimum absolute atomic E-state index is 0.0350. The van der Waals surface area contributed by atoms with Gasteiger partial charge in [-0.3, -0.25) is 4.72 Å². The van der Waals surface area contributed by atoms with Crippen LogP contribution in [0.5, 0.6) is 0 Å². The number of nitrogens with one attached hydrogen (secondary N) is 1. The Hall–Kier alpha value is -2.66. The van der Waals surface area contributed by atoms with Gasteiger partial charge in [-0.25, -0.2) is 18.4 Å². The normalized spacial score (nSPS) is 12.2. The summed E-state index contributed by atoms with van der Waals surface area (Å²) >= 11 is 5.67. The Morgan fingerprint density at radius 1 is 1.11 bits per heavy atom. The molecule has 1 aromatic carbocycles. The number of aromatic nitrogens is 4. The van der Waals surface area contributed by atoms with Crippen LogP contribution in [0.4, 0.5) is 19.0 Å². The minimum Gasteiger partial charge on any atom is -0.263 e. The molecule has 0 saturated carbocycles. The van der Waals surface area contributed by atoms with E-state index >= 15 is 0 Å². The van der Waals surface area contributed by atoms with Gasteiger partial charge in [-0.05, 0) is 31.2 Å². The van der Waals surface area contributed by atoms with Gasteiger partial charge in [-0.15, -0.1) is 0 Å². The quantitative estimate of drug-likeness (QED) is 0.702. The topological polar surface area (TPSA) is 89.8 Å². The summed E-state index contributed by atoms with van der Waals surface area (Å²) in [4.78, 5) is 7.30. The van der Waals surface area contributed by atoms with Crippen LogP contribution in [0.2, 0.25) is 5.02 Å². The van der Waals surface area contributed by atoms with Crippen molar-refractivity contribution in [1.29, 1.82) is 0 Å². The first-order valence-corrected chi connectivity index (χ1v) is 9.17. The second-order valence-corrected chi connectivity index (χ2v) is 7.53. The molecule has 1 N–H and O–H groups in total. The zero-order valence-corrected chi connectivity index (χ0v) is 15.1. The molecule has 2 heterocycles. The van der Waals surface area contributed by atoms with E-state index in [-0.39, 0.29) is 16.8 Å². The standard InChI is InChI=1S/C15H11ClF3N5O2S/c1-9-5-13(24(22-9)14-20-3-2-4-21-14)23-27(25,26)12-7-10(15(17,18)19)6-11(16)8-12/h2-8,23H,1H3. The van der Waals surface area contributed by atoms with Crippen molar-refractivity contribution in [2.45, 2.75) is 18.0 Å². The summed E-state index contributed by atoms with van der Waals surface area (Å²) in [5.74, 6) is 0.0533. The Morgan fingerprint density at radius 2 is 1.78 bits per heavy atom. The Balaban J connectivity index is 2.03. The molecule has 0 bridgehead atoms. The lowest BCUT2D eigenvalue weighted by molar-refractivity contribution is -0.137. The fraction of sp³-hybridized carbons (Fsp3) is 0.133. The molecule has 3 aromatic rings. The number of nitrogens with zero attached hydrogens (tertiary/aromatic N) is 4. The number of anilines is 1. The van der Waals surface area contributed by atoms with Gasteiger partial charge in [0.15, 0.2) is 0 Å². The zero-order valence-electron chi connectivity index (χ0n) is 13.6. The van der Waals surface area contributed by atoms with Gasteiger partial charge in [0.1, 0.15) is 5.82 Å². The third kappa shape index (κ3) is 4.19. The van der Waals surface area contributed by atoms with Crippen LogP contribution in [0, 0.1) is 6.92 Å². The van der Waals surface area contributed by atoms with Crippen LogP contribution in [0.3, 0.4) is 0 Å². The van der Waals surface area contributed by atoms with Crippen molar-refractivity contribution in [3.63, 3.8) is 0 Å². The van der Waals surface area contributed by atoms with Crippen LogP contribution in [0.1, 0.15) is 11.3 Å². The average Bonchev–Trinajstić information content (AvgIpc) is 2.94. The Labute approximate surface area is 156 Å². The molecule has 0 aliphatic rings. The first-order chi connectivity index (χ1) is 12.6. The van der Waals surface area contributed by atoms with E-state index in [4.69, 9.17) is 11.6 Å². The van der Waals surface area contributed by atoms with Crippen molar-refractivity contribution in [3.05, 3.63) is 59.0 Å². The monoisotopic (exact) mass is 417 g/mol. The van der Waals surface area contributed by atoms with Crippen molar-refractivity contribution in [2.24, 2.45) is 0 Å². The number of benzene rings is 1. The Bertz CT molecular complexity index is 1080. The van der Waals surface area contributed by atoms with E-state index in [1.165, 1.54) is 18.5 Å². The number of aryl methyl sites for hydroxylation is 1. The minimum atomic E-state index is -4.74. The van der Waals surface area contributed by atoms with Crippen LogP contribution in [-0.2, 0) is 16.2 Å². The maximum atomic E-state index is 12.9. The largest absolute Gasteiger partial charge is 0.416 e. The van der Waals surface area contributed by atoms with Crippen LogP contribution < -0.4 is 4.72 Å². The van der Waals surface area contributed by atoms with Gasteiger partial charge in [-0.2, -0.15) is 23.0 Å². The molecule has 0 unspecified atom stereocenters. The van der Waals surface area contributed by atoms with E-state index in [1.54, 1.807) is 13.0 Å². The highest BCUT2D eigenvalue weighted by Gasteiger charge is 2.32. The molecule has 142 valence electrons. The summed E-state index contributed by atoms with van der Waals surface area (Å²) < 4.78 is 67.4. The lowest BCUT2D eigenvalue weighted by atomic mass is 10.2. The molecule has 0 atom stereocenters. The summed E-state index contributed by atoms with van der Waals surface area (Å²) in [6.45, 7) is 1.61. The summed E-state index contributed by atoms with van der Waals surface area (Å²) in [5.41, 5.74) is -0.728. The third-order valence-corrected chi connectivity index (χ3v) is 4.87. The SMILES string of the molecule is Cc1cc(NS(=O)(=O)c2cc(Cl)cc(C(F)(F)F)c2)n(-c2ncccn2)n1. The lowest BCUT2D eigenvalue weighted by Crippen LogP contribution is -2.17. The van der Waals surface area contributed by atoms with Crippen molar-refractivity contribution >= 4 is 27.4 Å². The van der Waals surface area contributed by atoms with Crippen LogP contribution in [-0.4, -0.2) is 28.2 Å². The molecule has 2 aromatic heterocycles. The summed E-state index contributed by atoms with van der Waals surface area (Å²) in [6, 6.07) is 5.02. The van der Waals surface area contributed by atoms with Crippen LogP contribution >= 0.6 is 11.6 Å². The fourth-order valence-electron chi connectivity index (χ4n) is 2.20. The summed E-state index contributed by atoms with van der Waals surface area (Å²) in [7, 11) is -4.39. The maximum absolute atomic E-state index is 12.9. The summed E-state index contributed by atoms with van der Waals surface area (Å²) in [5, 5.41) is 3.73. The predicted molar refractivity (Wildman–Crippen MR) is 91.2 cm³/mol. The van der Waals surface area contributed by atoms with E-state index in [1.807, 2.05) is 0 Å². The second kappa shape index (κ2) is 6.82. The zero-order chi connectivity index (χ0) is 19.8. The molecule has 0 saturated heterocycles. The van der Waals surface area contributed by atoms with Gasteiger partial charge < -0.3 is 0 Å². The number of sulfonamides is 1. The van der Waals surface area contributed by atoms with Gasteiger partial charge in [0.25, 0.3) is 16.0 Å². The molecule has 7 nitrogen and oxygen atoms in total. The highest BCUT2D eigenvalue weighted by molar-refractivity contribution is 7.92. The van der Waals surface area contributed by atoms with Gasteiger partial charge >= 0.3 is 6.18 Å². The smallest absolute Gasteiger partial charge is 0.263 e. The van der Waals surface area contributed by atoms with Gasteiger partial charge in [0.05, 0.1) is 16.2 Å². The van der Waals surface area contributed by atoms with Gasteiger partial charge in [0.2, 0.25) is 0 Å². The molecule has 3 rings (SSSR count). The van der Waals surface area contributed by atoms with Crippen LogP contribution in [0.15, 0.2) is 47.6 Å². The Morgan fingerprint density at radius 3 is 2.41 bits per heavy atom. The molecule has 0 fully saturated rings. The lowest BCUT2D eigenvalue weighted by Gasteiger charge is -2.12. The van der Waals surface area contributed by atoms with Crippen molar-refractivity contribution < 1.29 is 21.6 Å². The molecule has 0 amide bonds. The first-order valence-electron chi connectivity index (χ1n) is 7.31. The van der Waals surface area contributed by atoms with Crippen molar-refractivity contribution in [3.8, 4) is 5.95 Å². The van der Waals surface area contributed by atoms with Gasteiger partial charge in [0, 0.05) is 23.5 Å². The van der Waals surface area contributed by atoms with E-state index in [0.717, 1.165) is 10.7 Å². The number of rotatable bonds is 4. The fourth-order valence-corrected chi connectivity index (χ4v) is 3.61. The maximum Gasteiger partial charge on any atom is 0.416 e. The number of hydrogen-bond acceptors (Lipinski definition) is 5. The third-order valence-electron chi connectivity index (χ3n) is 3.32. The van der Waals surface area contributed by atoms with Gasteiger partial charge in [-0.1, -0.05) is 11.6 Å². The van der Waals surface area contributed by atoms with E-state index < -0.39 is 26.7 Å². The van der Waals surface area contributed by atoms with E-state index in [2.05, 4.69) is 19.8 Å². The number of alkyl halides is 3. The average molecular weight is 418 g/mol. The Kier molecular flexibility index (Phi) is 4.82. The van der Waals surface area contributed by atoms with Crippen molar-refractivity contribution in [2.75, 3.05) is 4.72 Å². The van der Waals surface area contributed by atoms with E-state index in [9.17, 15) is 21.6 Å². The molecule has 0 radical (unpaired) electrons. The number of halogens is 4. The van der Waals surface area contributed by atoms with Crippen LogP contribution in [0.25, 0.3) is 5.95 Å². The molecule has 12 heteroatoms. The molecule has 0 aliphatic heterocycles. The highest BCUT2D eigenvalue weighted by Crippen LogP contribution is 2.33. The summed E-state index contributed by atoms with van der Waals surface area (Å²) in [6.07, 6.45) is -1.88. The van der Waals surface area contributed by atoms with Crippen molar-refractivity contribution in [1.82, 2.24) is 19.7 Å². The molecule has 27 heavy (non-hydrogen) atoms. The molecule has 0 aliphatic carbocycles. The van der Waals surface area contributed by atoms with E-state index in [0.29, 0.717) is 17.8 Å². The number of hydrogen-bond donors (Lipinski definition) is 1. The second-order valence-electron chi connectivity index (χ2n) is 5.41. The molecule has 0 spiro atoms. The molecular weight excluding hydrogens is 407 g/mol. The predicted octanol–water partition coefficient (Wildman–Crippen LogP) is 3.44.